The van der Waals surface area contributed by atoms with Gasteiger partial charge in [0.15, 0.2) is 0 Å². The van der Waals surface area contributed by atoms with Crippen LogP contribution in [0.15, 0.2) is 47.8 Å². The Morgan fingerprint density at radius 3 is 2.50 bits per heavy atom. The second kappa shape index (κ2) is 6.69. The molecule has 86 valence electrons. The minimum atomic E-state index is 0. The summed E-state index contributed by atoms with van der Waals surface area (Å²) in [7, 11) is 0. The molecule has 0 saturated heterocycles. The van der Waals surface area contributed by atoms with E-state index >= 15 is 0 Å². The van der Waals surface area contributed by atoms with Gasteiger partial charge in [-0.15, -0.1) is 11.3 Å². The molecule has 0 bridgehead atoms. The molecule has 2 rings (SSSR count). The minimum Gasteiger partial charge on any atom is -1.00 e. The Kier molecular flexibility index (Phi) is 5.53. The molecule has 1 aromatic heterocycles. The summed E-state index contributed by atoms with van der Waals surface area (Å²) in [6.45, 7) is 3.15. The molecule has 0 radical (unpaired) electrons. The molecule has 0 aliphatic rings. The highest BCUT2D eigenvalue weighted by Gasteiger charge is 2.03. The van der Waals surface area contributed by atoms with Crippen molar-refractivity contribution in [1.82, 2.24) is 5.32 Å². The summed E-state index contributed by atoms with van der Waals surface area (Å²) in [5, 5.41) is 5.63. The van der Waals surface area contributed by atoms with Crippen LogP contribution in [0, 0.1) is 0 Å². The highest BCUT2D eigenvalue weighted by Crippen LogP contribution is 2.14. The van der Waals surface area contributed by atoms with Crippen LogP contribution in [0.3, 0.4) is 0 Å². The quantitative estimate of drug-likeness (QED) is 0.841. The Hall–Kier alpha value is -0.830. The van der Waals surface area contributed by atoms with Crippen LogP contribution in [0.5, 0.6) is 0 Å². The van der Waals surface area contributed by atoms with Crippen molar-refractivity contribution in [3.63, 3.8) is 0 Å². The van der Waals surface area contributed by atoms with E-state index in [9.17, 15) is 0 Å². The summed E-state index contributed by atoms with van der Waals surface area (Å²) in [4.78, 5) is 1.39. The fourth-order valence-corrected chi connectivity index (χ4v) is 2.18. The number of rotatable bonds is 4. The first kappa shape index (κ1) is 13.2. The van der Waals surface area contributed by atoms with Gasteiger partial charge >= 0.3 is 0 Å². The monoisotopic (exact) mass is 252 g/mol. The van der Waals surface area contributed by atoms with Crippen LogP contribution in [-0.2, 0) is 6.54 Å². The van der Waals surface area contributed by atoms with Gasteiger partial charge in [-0.2, -0.15) is 0 Å². The lowest BCUT2D eigenvalue weighted by molar-refractivity contribution is -0.00000304. The molecular formula is C13H15ClNS-. The van der Waals surface area contributed by atoms with E-state index in [0.29, 0.717) is 6.04 Å². The van der Waals surface area contributed by atoms with Crippen molar-refractivity contribution in [3.05, 3.63) is 58.3 Å². The highest BCUT2D eigenvalue weighted by molar-refractivity contribution is 7.09. The third kappa shape index (κ3) is 3.63. The highest BCUT2D eigenvalue weighted by atomic mass is 35.5. The predicted octanol–water partition coefficient (Wildman–Crippen LogP) is 0.603. The van der Waals surface area contributed by atoms with E-state index in [1.807, 2.05) is 0 Å². The van der Waals surface area contributed by atoms with E-state index in [4.69, 9.17) is 0 Å². The van der Waals surface area contributed by atoms with Crippen molar-refractivity contribution in [1.29, 1.82) is 0 Å². The third-order valence-electron chi connectivity index (χ3n) is 2.46. The normalized spacial score (nSPS) is 11.8. The smallest absolute Gasteiger partial charge is 0.0305 e. The molecule has 3 heteroatoms. The Bertz CT molecular complexity index is 386. The Labute approximate surface area is 107 Å². The van der Waals surface area contributed by atoms with E-state index in [-0.39, 0.29) is 12.4 Å². The standard InChI is InChI=1S/C13H15NS.ClH/c1-11(12-6-3-2-4-7-12)14-10-13-8-5-9-15-13;/h2-9,11,14H,10H2,1H3;1H/p-1. The minimum absolute atomic E-state index is 0. The van der Waals surface area contributed by atoms with Crippen molar-refractivity contribution in [2.75, 3.05) is 0 Å². The average Bonchev–Trinajstić information content (AvgIpc) is 2.80. The van der Waals surface area contributed by atoms with Gasteiger partial charge < -0.3 is 17.7 Å². The molecule has 1 heterocycles. The number of nitrogens with one attached hydrogen (secondary N) is 1. The van der Waals surface area contributed by atoms with Gasteiger partial charge in [0.2, 0.25) is 0 Å². The van der Waals surface area contributed by atoms with Crippen LogP contribution in [0.25, 0.3) is 0 Å². The largest absolute Gasteiger partial charge is 1.00 e. The van der Waals surface area contributed by atoms with Crippen molar-refractivity contribution < 1.29 is 12.4 Å². The number of halogens is 1. The van der Waals surface area contributed by atoms with Crippen molar-refractivity contribution in [2.24, 2.45) is 0 Å². The summed E-state index contributed by atoms with van der Waals surface area (Å²) < 4.78 is 0. The van der Waals surface area contributed by atoms with Crippen LogP contribution in [0.2, 0.25) is 0 Å². The van der Waals surface area contributed by atoms with Gasteiger partial charge in [0.25, 0.3) is 0 Å². The van der Waals surface area contributed by atoms with E-state index in [0.717, 1.165) is 6.54 Å². The summed E-state index contributed by atoms with van der Waals surface area (Å²) in [5.74, 6) is 0. The third-order valence-corrected chi connectivity index (χ3v) is 3.34. The molecule has 1 atom stereocenters. The lowest BCUT2D eigenvalue weighted by Crippen LogP contribution is -3.00. The van der Waals surface area contributed by atoms with Gasteiger partial charge in [0, 0.05) is 17.5 Å². The zero-order chi connectivity index (χ0) is 10.5. The SMILES string of the molecule is CC(NCc1cccs1)c1ccccc1.[Cl-]. The summed E-state index contributed by atoms with van der Waals surface area (Å²) in [5.41, 5.74) is 1.34. The van der Waals surface area contributed by atoms with E-state index in [1.54, 1.807) is 11.3 Å². The molecule has 1 N–H and O–H groups in total. The van der Waals surface area contributed by atoms with E-state index in [2.05, 4.69) is 60.1 Å². The molecule has 1 nitrogen and oxygen atoms in total. The van der Waals surface area contributed by atoms with Gasteiger partial charge in [-0.25, -0.2) is 0 Å². The topological polar surface area (TPSA) is 12.0 Å². The van der Waals surface area contributed by atoms with Crippen LogP contribution in [-0.4, -0.2) is 0 Å². The van der Waals surface area contributed by atoms with Crippen molar-refractivity contribution in [3.8, 4) is 0 Å². The number of benzene rings is 1. The van der Waals surface area contributed by atoms with Crippen molar-refractivity contribution >= 4 is 11.3 Å². The zero-order valence-electron chi connectivity index (χ0n) is 9.19. The first-order chi connectivity index (χ1) is 7.36. The second-order valence-electron chi connectivity index (χ2n) is 3.59. The lowest BCUT2D eigenvalue weighted by Gasteiger charge is -2.13. The van der Waals surface area contributed by atoms with Crippen molar-refractivity contribution in [2.45, 2.75) is 19.5 Å². The van der Waals surface area contributed by atoms with Gasteiger partial charge in [-0.05, 0) is 23.9 Å². The Morgan fingerprint density at radius 2 is 1.88 bits per heavy atom. The van der Waals surface area contributed by atoms with Gasteiger partial charge in [0.1, 0.15) is 0 Å². The first-order valence-electron chi connectivity index (χ1n) is 5.17. The lowest BCUT2D eigenvalue weighted by atomic mass is 10.1. The first-order valence-corrected chi connectivity index (χ1v) is 6.05. The molecule has 0 amide bonds. The van der Waals surface area contributed by atoms with Gasteiger partial charge in [-0.1, -0.05) is 36.4 Å². The van der Waals surface area contributed by atoms with E-state index in [1.165, 1.54) is 10.4 Å². The molecular weight excluding hydrogens is 238 g/mol. The van der Waals surface area contributed by atoms with Gasteiger partial charge in [0.05, 0.1) is 0 Å². The fourth-order valence-electron chi connectivity index (χ4n) is 1.53. The Morgan fingerprint density at radius 1 is 1.12 bits per heavy atom. The second-order valence-corrected chi connectivity index (χ2v) is 4.62. The molecule has 1 aromatic carbocycles. The fraction of sp³-hybridized carbons (Fsp3) is 0.231. The maximum Gasteiger partial charge on any atom is 0.0305 e. The molecule has 0 spiro atoms. The molecule has 16 heavy (non-hydrogen) atoms. The molecule has 0 saturated carbocycles. The molecule has 0 aliphatic heterocycles. The predicted molar refractivity (Wildman–Crippen MR) is 66.0 cm³/mol. The molecule has 0 aliphatic carbocycles. The maximum atomic E-state index is 3.51. The van der Waals surface area contributed by atoms with Crippen LogP contribution in [0.1, 0.15) is 23.4 Å². The summed E-state index contributed by atoms with van der Waals surface area (Å²) in [6.07, 6.45) is 0. The molecule has 2 aromatic rings. The van der Waals surface area contributed by atoms with Gasteiger partial charge in [-0.3, -0.25) is 0 Å². The summed E-state index contributed by atoms with van der Waals surface area (Å²) >= 11 is 1.80. The number of thiophene rings is 1. The maximum absolute atomic E-state index is 3.51. The molecule has 0 fully saturated rings. The number of hydrogen-bond acceptors (Lipinski definition) is 2. The van der Waals surface area contributed by atoms with E-state index < -0.39 is 0 Å². The average molecular weight is 253 g/mol. The molecule has 1 unspecified atom stereocenters. The summed E-state index contributed by atoms with van der Waals surface area (Å²) in [6, 6.07) is 15.2. The van der Waals surface area contributed by atoms with Crippen LogP contribution < -0.4 is 17.7 Å². The zero-order valence-corrected chi connectivity index (χ0v) is 10.8. The number of hydrogen-bond donors (Lipinski definition) is 1. The Balaban J connectivity index is 0.00000128. The van der Waals surface area contributed by atoms with Crippen LogP contribution >= 0.6 is 11.3 Å². The van der Waals surface area contributed by atoms with Crippen LogP contribution in [0.4, 0.5) is 0 Å².